The van der Waals surface area contributed by atoms with Gasteiger partial charge in [-0.25, -0.2) is 0 Å². The quantitative estimate of drug-likeness (QED) is 0.652. The molecule has 0 aromatic rings. The smallest absolute Gasteiger partial charge is 0.163 e. The first-order valence-corrected chi connectivity index (χ1v) is 4.07. The average molecular weight is 160 g/mol. The summed E-state index contributed by atoms with van der Waals surface area (Å²) in [6, 6.07) is 0. The highest BCUT2D eigenvalue weighted by Crippen LogP contribution is 2.23. The summed E-state index contributed by atoms with van der Waals surface area (Å²) in [7, 11) is 0. The van der Waals surface area contributed by atoms with E-state index < -0.39 is 5.79 Å². The lowest BCUT2D eigenvalue weighted by Gasteiger charge is -2.35. The van der Waals surface area contributed by atoms with Gasteiger partial charge in [-0.2, -0.15) is 0 Å². The summed E-state index contributed by atoms with van der Waals surface area (Å²) in [5.74, 6) is -0.460. The minimum atomic E-state index is -0.460. The summed E-state index contributed by atoms with van der Waals surface area (Å²) in [4.78, 5) is 0. The first-order chi connectivity index (χ1) is 5.14. The molecular weight excluding hydrogens is 144 g/mol. The molecule has 0 radical (unpaired) electrons. The van der Waals surface area contributed by atoms with E-state index in [1.807, 2.05) is 13.8 Å². The van der Waals surface area contributed by atoms with Crippen molar-refractivity contribution in [2.24, 2.45) is 0 Å². The number of rotatable bonds is 2. The van der Waals surface area contributed by atoms with Crippen molar-refractivity contribution in [1.82, 2.24) is 0 Å². The van der Waals surface area contributed by atoms with Crippen molar-refractivity contribution in [3.63, 3.8) is 0 Å². The first kappa shape index (κ1) is 8.97. The van der Waals surface area contributed by atoms with E-state index in [2.05, 4.69) is 0 Å². The Bertz CT molecular complexity index is 121. The third kappa shape index (κ3) is 2.77. The van der Waals surface area contributed by atoms with Crippen LogP contribution >= 0.6 is 0 Å². The van der Waals surface area contributed by atoms with Crippen molar-refractivity contribution in [1.29, 1.82) is 0 Å². The normalized spacial score (nSPS) is 30.3. The molecule has 1 rings (SSSR count). The molecule has 0 aromatic heterocycles. The van der Waals surface area contributed by atoms with Crippen molar-refractivity contribution in [2.75, 3.05) is 13.2 Å². The average Bonchev–Trinajstić information content (AvgIpc) is 1.85. The van der Waals surface area contributed by atoms with Gasteiger partial charge in [0.15, 0.2) is 5.79 Å². The summed E-state index contributed by atoms with van der Waals surface area (Å²) in [6.45, 7) is 4.73. The molecule has 1 heterocycles. The molecule has 3 nitrogen and oxygen atoms in total. The second kappa shape index (κ2) is 3.52. The fraction of sp³-hybridized carbons (Fsp3) is 1.00. The molecule has 1 aliphatic heterocycles. The Morgan fingerprint density at radius 3 is 2.82 bits per heavy atom. The summed E-state index contributed by atoms with van der Waals surface area (Å²) < 4.78 is 10.9. The van der Waals surface area contributed by atoms with Gasteiger partial charge in [-0.3, -0.25) is 0 Å². The number of hydrogen-bond donors (Lipinski definition) is 1. The van der Waals surface area contributed by atoms with Crippen LogP contribution in [0.3, 0.4) is 0 Å². The predicted molar refractivity (Wildman–Crippen MR) is 41.2 cm³/mol. The maximum atomic E-state index is 8.67. The van der Waals surface area contributed by atoms with Crippen LogP contribution in [0.5, 0.6) is 0 Å². The Morgan fingerprint density at radius 2 is 2.27 bits per heavy atom. The lowest BCUT2D eigenvalue weighted by Crippen LogP contribution is -2.40. The Kier molecular flexibility index (Phi) is 2.87. The number of aliphatic hydroxyl groups is 1. The Morgan fingerprint density at radius 1 is 1.55 bits per heavy atom. The highest BCUT2D eigenvalue weighted by Gasteiger charge is 2.28. The van der Waals surface area contributed by atoms with E-state index in [0.29, 0.717) is 6.42 Å². The molecule has 1 atom stereocenters. The second-order valence-electron chi connectivity index (χ2n) is 3.29. The molecule has 0 bridgehead atoms. The zero-order chi connectivity index (χ0) is 8.32. The van der Waals surface area contributed by atoms with E-state index in [9.17, 15) is 0 Å². The zero-order valence-corrected chi connectivity index (χ0v) is 7.17. The minimum absolute atomic E-state index is 0.170. The van der Waals surface area contributed by atoms with Crippen molar-refractivity contribution in [2.45, 2.75) is 38.6 Å². The largest absolute Gasteiger partial charge is 0.396 e. The van der Waals surface area contributed by atoms with E-state index in [1.165, 1.54) is 0 Å². The lowest BCUT2D eigenvalue weighted by molar-refractivity contribution is -0.274. The molecule has 11 heavy (non-hydrogen) atoms. The fourth-order valence-corrected chi connectivity index (χ4v) is 1.28. The highest BCUT2D eigenvalue weighted by atomic mass is 16.7. The summed E-state index contributed by atoms with van der Waals surface area (Å²) >= 11 is 0. The summed E-state index contributed by atoms with van der Waals surface area (Å²) in [5, 5.41) is 8.67. The molecular formula is C8H16O3. The zero-order valence-electron chi connectivity index (χ0n) is 7.17. The molecule has 0 aliphatic carbocycles. The molecule has 0 saturated carbocycles. The Balaban J connectivity index is 2.34. The standard InChI is InChI=1S/C8H16O3/c1-8(2)10-6-4-7(11-8)3-5-9/h7,9H,3-6H2,1-2H3/t7-/m1/s1. The van der Waals surface area contributed by atoms with Crippen molar-refractivity contribution in [3.05, 3.63) is 0 Å². The van der Waals surface area contributed by atoms with E-state index in [0.717, 1.165) is 13.0 Å². The van der Waals surface area contributed by atoms with Gasteiger partial charge in [0, 0.05) is 6.61 Å². The predicted octanol–water partition coefficient (Wildman–Crippen LogP) is 0.910. The molecule has 0 spiro atoms. The topological polar surface area (TPSA) is 38.7 Å². The monoisotopic (exact) mass is 160 g/mol. The van der Waals surface area contributed by atoms with Gasteiger partial charge < -0.3 is 14.6 Å². The van der Waals surface area contributed by atoms with Crippen molar-refractivity contribution < 1.29 is 14.6 Å². The van der Waals surface area contributed by atoms with Gasteiger partial charge in [0.25, 0.3) is 0 Å². The maximum Gasteiger partial charge on any atom is 0.163 e. The molecule has 1 fully saturated rings. The van der Waals surface area contributed by atoms with E-state index in [4.69, 9.17) is 14.6 Å². The van der Waals surface area contributed by atoms with Crippen LogP contribution in [0.1, 0.15) is 26.7 Å². The molecule has 1 saturated heterocycles. The Hall–Kier alpha value is -0.120. The fourth-order valence-electron chi connectivity index (χ4n) is 1.28. The molecule has 0 amide bonds. The van der Waals surface area contributed by atoms with Gasteiger partial charge in [0.1, 0.15) is 0 Å². The van der Waals surface area contributed by atoms with Gasteiger partial charge in [-0.15, -0.1) is 0 Å². The van der Waals surface area contributed by atoms with Crippen LogP contribution in [0.25, 0.3) is 0 Å². The highest BCUT2D eigenvalue weighted by molar-refractivity contribution is 4.68. The van der Waals surface area contributed by atoms with Crippen LogP contribution in [-0.4, -0.2) is 30.2 Å². The minimum Gasteiger partial charge on any atom is -0.396 e. The van der Waals surface area contributed by atoms with Crippen LogP contribution in [-0.2, 0) is 9.47 Å². The third-order valence-electron chi connectivity index (χ3n) is 1.79. The van der Waals surface area contributed by atoms with Gasteiger partial charge in [-0.1, -0.05) is 0 Å². The summed E-state index contributed by atoms with van der Waals surface area (Å²) in [5.41, 5.74) is 0. The van der Waals surface area contributed by atoms with Gasteiger partial charge in [-0.05, 0) is 26.7 Å². The second-order valence-corrected chi connectivity index (χ2v) is 3.29. The van der Waals surface area contributed by atoms with Crippen LogP contribution < -0.4 is 0 Å². The van der Waals surface area contributed by atoms with Crippen LogP contribution in [0.4, 0.5) is 0 Å². The van der Waals surface area contributed by atoms with Crippen LogP contribution in [0.2, 0.25) is 0 Å². The van der Waals surface area contributed by atoms with E-state index in [-0.39, 0.29) is 12.7 Å². The molecule has 1 aliphatic rings. The molecule has 1 N–H and O–H groups in total. The molecule has 66 valence electrons. The number of hydrogen-bond acceptors (Lipinski definition) is 3. The van der Waals surface area contributed by atoms with Gasteiger partial charge in [0.2, 0.25) is 0 Å². The van der Waals surface area contributed by atoms with Crippen LogP contribution in [0.15, 0.2) is 0 Å². The SMILES string of the molecule is CC1(C)OCC[C@@H](CCO)O1. The van der Waals surface area contributed by atoms with Crippen molar-refractivity contribution in [3.8, 4) is 0 Å². The van der Waals surface area contributed by atoms with Gasteiger partial charge in [0.05, 0.1) is 12.7 Å². The van der Waals surface area contributed by atoms with E-state index in [1.54, 1.807) is 0 Å². The summed E-state index contributed by atoms with van der Waals surface area (Å²) in [6.07, 6.45) is 1.78. The Labute approximate surface area is 67.3 Å². The van der Waals surface area contributed by atoms with Crippen molar-refractivity contribution >= 4 is 0 Å². The maximum absolute atomic E-state index is 8.67. The molecule has 0 aromatic carbocycles. The first-order valence-electron chi connectivity index (χ1n) is 4.07. The van der Waals surface area contributed by atoms with Gasteiger partial charge >= 0.3 is 0 Å². The number of aliphatic hydroxyl groups excluding tert-OH is 1. The van der Waals surface area contributed by atoms with Crippen LogP contribution in [0, 0.1) is 0 Å². The lowest BCUT2D eigenvalue weighted by atomic mass is 10.1. The number of ether oxygens (including phenoxy) is 2. The van der Waals surface area contributed by atoms with E-state index >= 15 is 0 Å². The third-order valence-corrected chi connectivity index (χ3v) is 1.79. The molecule has 0 unspecified atom stereocenters. The molecule has 3 heteroatoms.